The average Bonchev–Trinajstić information content (AvgIpc) is 2.34. The van der Waals surface area contributed by atoms with Crippen molar-refractivity contribution in [3.05, 3.63) is 35.6 Å². The van der Waals surface area contributed by atoms with Crippen molar-refractivity contribution in [1.29, 1.82) is 0 Å². The number of unbranched alkanes of at least 4 members (excludes halogenated alkanes) is 2. The molecule has 0 aliphatic carbocycles. The number of Topliss-reactive ketones (excluding diaryl/α,β-unsaturated/α-hetero) is 1. The molecule has 0 aliphatic rings. The highest BCUT2D eigenvalue weighted by molar-refractivity contribution is 5.96. The van der Waals surface area contributed by atoms with Crippen LogP contribution in [0, 0.1) is 5.82 Å². The molecule has 0 saturated carbocycles. The quantitative estimate of drug-likeness (QED) is 0.558. The highest BCUT2D eigenvalue weighted by atomic mass is 19.1. The Morgan fingerprint density at radius 3 is 2.53 bits per heavy atom. The van der Waals surface area contributed by atoms with Crippen LogP contribution in [-0.2, 0) is 4.74 Å². The van der Waals surface area contributed by atoms with Gasteiger partial charge in [0.05, 0.1) is 0 Å². The zero-order valence-corrected chi connectivity index (χ0v) is 9.82. The number of hydrogen-bond donors (Lipinski definition) is 1. The predicted molar refractivity (Wildman–Crippen MR) is 64.5 cm³/mol. The molecule has 0 aromatic heterocycles. The highest BCUT2D eigenvalue weighted by Gasteiger charge is 2.05. The first-order chi connectivity index (χ1) is 8.24. The number of nitrogens with two attached hydrogens (primary N) is 1. The van der Waals surface area contributed by atoms with E-state index in [1.165, 1.54) is 24.3 Å². The minimum atomic E-state index is -0.343. The Kier molecular flexibility index (Phi) is 6.43. The fourth-order valence-corrected chi connectivity index (χ4v) is 1.41. The lowest BCUT2D eigenvalue weighted by molar-refractivity contribution is 0.0752. The molecule has 0 bridgehead atoms. The third-order valence-corrected chi connectivity index (χ3v) is 2.39. The summed E-state index contributed by atoms with van der Waals surface area (Å²) in [6, 6.07) is 5.48. The van der Waals surface area contributed by atoms with E-state index in [1.54, 1.807) is 0 Å². The second kappa shape index (κ2) is 7.92. The van der Waals surface area contributed by atoms with Gasteiger partial charge in [-0.2, -0.15) is 0 Å². The third kappa shape index (κ3) is 5.56. The Morgan fingerprint density at radius 1 is 1.18 bits per heavy atom. The van der Waals surface area contributed by atoms with E-state index in [2.05, 4.69) is 0 Å². The number of ketones is 1. The van der Waals surface area contributed by atoms with Crippen molar-refractivity contribution in [3.8, 4) is 0 Å². The van der Waals surface area contributed by atoms with E-state index >= 15 is 0 Å². The topological polar surface area (TPSA) is 52.3 Å². The first-order valence-corrected chi connectivity index (χ1v) is 5.80. The van der Waals surface area contributed by atoms with Crippen molar-refractivity contribution >= 4 is 5.78 Å². The lowest BCUT2D eigenvalue weighted by atomic mass is 10.1. The highest BCUT2D eigenvalue weighted by Crippen LogP contribution is 2.04. The molecule has 0 unspecified atom stereocenters. The fraction of sp³-hybridized carbons (Fsp3) is 0.462. The summed E-state index contributed by atoms with van der Waals surface area (Å²) in [6.45, 7) is 1.30. The van der Waals surface area contributed by atoms with Crippen LogP contribution in [0.5, 0.6) is 0 Å². The number of ether oxygens (including phenoxy) is 1. The van der Waals surface area contributed by atoms with Gasteiger partial charge < -0.3 is 10.5 Å². The summed E-state index contributed by atoms with van der Waals surface area (Å²) in [5, 5.41) is 0. The molecular formula is C13H18FNO2. The number of hydrogen-bond acceptors (Lipinski definition) is 3. The number of rotatable bonds is 8. The molecule has 1 rings (SSSR count). The number of carbonyl (C=O) groups is 1. The number of benzene rings is 1. The SMILES string of the molecule is NCCCCCOCC(=O)c1ccc(F)cc1. The van der Waals surface area contributed by atoms with E-state index in [9.17, 15) is 9.18 Å². The van der Waals surface area contributed by atoms with Gasteiger partial charge >= 0.3 is 0 Å². The molecular weight excluding hydrogens is 221 g/mol. The predicted octanol–water partition coefficient (Wildman–Crippen LogP) is 2.15. The normalized spacial score (nSPS) is 10.5. The van der Waals surface area contributed by atoms with Crippen molar-refractivity contribution in [2.24, 2.45) is 5.73 Å². The molecule has 94 valence electrons. The first kappa shape index (κ1) is 13.8. The van der Waals surface area contributed by atoms with Gasteiger partial charge in [-0.15, -0.1) is 0 Å². The van der Waals surface area contributed by atoms with Gasteiger partial charge in [0.25, 0.3) is 0 Å². The minimum Gasteiger partial charge on any atom is -0.373 e. The van der Waals surface area contributed by atoms with Crippen LogP contribution >= 0.6 is 0 Å². The van der Waals surface area contributed by atoms with Crippen LogP contribution in [0.2, 0.25) is 0 Å². The Bertz CT molecular complexity index is 338. The maximum atomic E-state index is 12.6. The molecule has 0 amide bonds. The molecule has 2 N–H and O–H groups in total. The summed E-state index contributed by atoms with van der Waals surface area (Å²) >= 11 is 0. The monoisotopic (exact) mass is 239 g/mol. The van der Waals surface area contributed by atoms with E-state index in [1.807, 2.05) is 0 Å². The largest absolute Gasteiger partial charge is 0.373 e. The molecule has 1 aromatic rings. The van der Waals surface area contributed by atoms with Gasteiger partial charge in [0.2, 0.25) is 0 Å². The molecule has 4 heteroatoms. The van der Waals surface area contributed by atoms with E-state index in [0.717, 1.165) is 19.3 Å². The van der Waals surface area contributed by atoms with E-state index in [0.29, 0.717) is 18.7 Å². The van der Waals surface area contributed by atoms with Crippen LogP contribution in [0.15, 0.2) is 24.3 Å². The Morgan fingerprint density at radius 2 is 1.88 bits per heavy atom. The van der Waals surface area contributed by atoms with Crippen LogP contribution in [0.4, 0.5) is 4.39 Å². The molecule has 0 atom stereocenters. The molecule has 17 heavy (non-hydrogen) atoms. The standard InChI is InChI=1S/C13H18FNO2/c14-12-6-4-11(5-7-12)13(16)10-17-9-3-1-2-8-15/h4-7H,1-3,8-10,15H2. The molecule has 3 nitrogen and oxygen atoms in total. The van der Waals surface area contributed by atoms with Crippen molar-refractivity contribution in [2.75, 3.05) is 19.8 Å². The summed E-state index contributed by atoms with van der Waals surface area (Å²) in [5.74, 6) is -0.465. The lowest BCUT2D eigenvalue weighted by Gasteiger charge is -2.03. The molecule has 0 aliphatic heterocycles. The van der Waals surface area contributed by atoms with Crippen molar-refractivity contribution in [1.82, 2.24) is 0 Å². The third-order valence-electron chi connectivity index (χ3n) is 2.39. The lowest BCUT2D eigenvalue weighted by Crippen LogP contribution is -2.10. The average molecular weight is 239 g/mol. The van der Waals surface area contributed by atoms with Crippen LogP contribution in [0.1, 0.15) is 29.6 Å². The summed E-state index contributed by atoms with van der Waals surface area (Å²) in [5.41, 5.74) is 5.83. The van der Waals surface area contributed by atoms with Crippen LogP contribution in [0.25, 0.3) is 0 Å². The molecule has 0 heterocycles. The maximum absolute atomic E-state index is 12.6. The smallest absolute Gasteiger partial charge is 0.188 e. The van der Waals surface area contributed by atoms with Gasteiger partial charge in [0, 0.05) is 12.2 Å². The summed E-state index contributed by atoms with van der Waals surface area (Å²) < 4.78 is 17.9. The summed E-state index contributed by atoms with van der Waals surface area (Å²) in [4.78, 5) is 11.6. The van der Waals surface area contributed by atoms with E-state index in [4.69, 9.17) is 10.5 Å². The van der Waals surface area contributed by atoms with Gasteiger partial charge in [-0.25, -0.2) is 4.39 Å². The number of halogens is 1. The minimum absolute atomic E-state index is 0.0499. The van der Waals surface area contributed by atoms with Gasteiger partial charge in [-0.05, 0) is 50.1 Å². The molecule has 0 radical (unpaired) electrons. The van der Waals surface area contributed by atoms with E-state index in [-0.39, 0.29) is 18.2 Å². The Hall–Kier alpha value is -1.26. The molecule has 1 aromatic carbocycles. The van der Waals surface area contributed by atoms with Crippen LogP contribution < -0.4 is 5.73 Å². The van der Waals surface area contributed by atoms with Gasteiger partial charge in [-0.1, -0.05) is 0 Å². The second-order valence-corrected chi connectivity index (χ2v) is 3.83. The number of carbonyl (C=O) groups excluding carboxylic acids is 1. The van der Waals surface area contributed by atoms with Crippen LogP contribution in [-0.4, -0.2) is 25.5 Å². The van der Waals surface area contributed by atoms with Crippen molar-refractivity contribution in [3.63, 3.8) is 0 Å². The Balaban J connectivity index is 2.19. The van der Waals surface area contributed by atoms with E-state index < -0.39 is 0 Å². The molecule has 0 saturated heterocycles. The molecule has 0 fully saturated rings. The van der Waals surface area contributed by atoms with Gasteiger partial charge in [-0.3, -0.25) is 4.79 Å². The summed E-state index contributed by atoms with van der Waals surface area (Å²) in [6.07, 6.45) is 2.91. The van der Waals surface area contributed by atoms with Gasteiger partial charge in [0.15, 0.2) is 5.78 Å². The van der Waals surface area contributed by atoms with Crippen molar-refractivity contribution in [2.45, 2.75) is 19.3 Å². The van der Waals surface area contributed by atoms with Gasteiger partial charge in [0.1, 0.15) is 12.4 Å². The fourth-order valence-electron chi connectivity index (χ4n) is 1.41. The van der Waals surface area contributed by atoms with Crippen LogP contribution in [0.3, 0.4) is 0 Å². The zero-order chi connectivity index (χ0) is 12.5. The summed E-state index contributed by atoms with van der Waals surface area (Å²) in [7, 11) is 0. The van der Waals surface area contributed by atoms with Crippen molar-refractivity contribution < 1.29 is 13.9 Å². The first-order valence-electron chi connectivity index (χ1n) is 5.80. The zero-order valence-electron chi connectivity index (χ0n) is 9.82. The second-order valence-electron chi connectivity index (χ2n) is 3.83. The maximum Gasteiger partial charge on any atom is 0.188 e. The Labute approximate surface area is 101 Å². The molecule has 0 spiro atoms.